The molecule has 18 heavy (non-hydrogen) atoms. The van der Waals surface area contributed by atoms with E-state index in [0.29, 0.717) is 0 Å². The van der Waals surface area contributed by atoms with Crippen LogP contribution in [0.5, 0.6) is 0 Å². The van der Waals surface area contributed by atoms with Crippen molar-refractivity contribution in [2.24, 2.45) is 0 Å². The molecule has 2 aromatic rings. The lowest BCUT2D eigenvalue weighted by molar-refractivity contribution is 0.786. The number of hydrogen-bond donors (Lipinski definition) is 0. The molecule has 0 aliphatic carbocycles. The van der Waals surface area contributed by atoms with Gasteiger partial charge < -0.3 is 4.57 Å². The van der Waals surface area contributed by atoms with Gasteiger partial charge in [-0.15, -0.1) is 11.8 Å². The quantitative estimate of drug-likeness (QED) is 0.805. The minimum atomic E-state index is 0.803. The third-order valence-corrected chi connectivity index (χ3v) is 4.95. The van der Waals surface area contributed by atoms with Crippen molar-refractivity contribution in [3.8, 4) is 0 Å². The van der Waals surface area contributed by atoms with E-state index in [4.69, 9.17) is 11.6 Å². The Labute approximate surface area is 123 Å². The van der Waals surface area contributed by atoms with Crippen LogP contribution < -0.4 is 0 Å². The Morgan fingerprint density at radius 1 is 1.44 bits per heavy atom. The Kier molecular flexibility index (Phi) is 3.50. The summed E-state index contributed by atoms with van der Waals surface area (Å²) in [5.74, 6) is 0.936. The Bertz CT molecular complexity index is 607. The molecule has 0 radical (unpaired) electrons. The molecule has 0 spiro atoms. The third kappa shape index (κ3) is 2.37. The van der Waals surface area contributed by atoms with E-state index in [0.717, 1.165) is 27.4 Å². The van der Waals surface area contributed by atoms with E-state index in [1.807, 2.05) is 28.9 Å². The molecular weight excluding hydrogens is 332 g/mol. The average molecular weight is 342 g/mol. The maximum atomic E-state index is 6.51. The summed E-state index contributed by atoms with van der Waals surface area (Å²) in [6.07, 6.45) is 5.56. The van der Waals surface area contributed by atoms with Gasteiger partial charge in [0.25, 0.3) is 0 Å². The highest BCUT2D eigenvalue weighted by atomic mass is 79.9. The number of thioether (sulfide) groups is 1. The zero-order valence-electron chi connectivity index (χ0n) is 9.44. The molecular formula is C13H10BrClN2S. The van der Waals surface area contributed by atoms with Gasteiger partial charge in [0.05, 0.1) is 11.4 Å². The van der Waals surface area contributed by atoms with Gasteiger partial charge in [-0.25, -0.2) is 4.98 Å². The fraction of sp³-hybridized carbons (Fsp3) is 0.154. The molecule has 1 aliphatic rings. The number of nitrogens with zero attached hydrogens (tertiary/aromatic N) is 2. The summed E-state index contributed by atoms with van der Waals surface area (Å²) in [5.41, 5.74) is 2.36. The van der Waals surface area contributed by atoms with E-state index in [1.54, 1.807) is 6.20 Å². The standard InChI is InChI=1S/C13H10BrClN2S/c14-10-1-2-12-11(5-10)13(15)9(7-18-12)6-17-4-3-16-8-17/h1-5,8H,6-7H2. The summed E-state index contributed by atoms with van der Waals surface area (Å²) in [6, 6.07) is 6.25. The molecule has 0 saturated heterocycles. The largest absolute Gasteiger partial charge is 0.333 e. The first-order valence-electron chi connectivity index (χ1n) is 5.50. The normalized spacial score (nSPS) is 14.8. The second-order valence-electron chi connectivity index (χ2n) is 4.08. The molecule has 5 heteroatoms. The Balaban J connectivity index is 1.98. The highest BCUT2D eigenvalue weighted by Gasteiger charge is 2.18. The van der Waals surface area contributed by atoms with Gasteiger partial charge in [0.15, 0.2) is 0 Å². The van der Waals surface area contributed by atoms with Gasteiger partial charge in [0.1, 0.15) is 0 Å². The molecule has 0 atom stereocenters. The lowest BCUT2D eigenvalue weighted by Crippen LogP contribution is -2.06. The molecule has 3 rings (SSSR count). The van der Waals surface area contributed by atoms with Crippen molar-refractivity contribution in [2.75, 3.05) is 5.75 Å². The minimum absolute atomic E-state index is 0.803. The Morgan fingerprint density at radius 2 is 2.33 bits per heavy atom. The molecule has 2 nitrogen and oxygen atoms in total. The van der Waals surface area contributed by atoms with Crippen LogP contribution in [0.25, 0.3) is 5.03 Å². The summed E-state index contributed by atoms with van der Waals surface area (Å²) in [6.45, 7) is 0.803. The van der Waals surface area contributed by atoms with Crippen LogP contribution in [0.2, 0.25) is 0 Å². The van der Waals surface area contributed by atoms with Gasteiger partial charge in [0.2, 0.25) is 0 Å². The molecule has 0 bridgehead atoms. The zero-order valence-corrected chi connectivity index (χ0v) is 12.6. The Morgan fingerprint density at radius 3 is 3.11 bits per heavy atom. The first-order valence-corrected chi connectivity index (χ1v) is 7.65. The van der Waals surface area contributed by atoms with Crippen LogP contribution in [0.3, 0.4) is 0 Å². The van der Waals surface area contributed by atoms with Crippen LogP contribution in [0, 0.1) is 0 Å². The van der Waals surface area contributed by atoms with Gasteiger partial charge in [-0.1, -0.05) is 27.5 Å². The van der Waals surface area contributed by atoms with E-state index in [1.165, 1.54) is 10.5 Å². The van der Waals surface area contributed by atoms with Gasteiger partial charge in [-0.3, -0.25) is 0 Å². The second kappa shape index (κ2) is 5.11. The van der Waals surface area contributed by atoms with Crippen molar-refractivity contribution in [2.45, 2.75) is 11.4 Å². The van der Waals surface area contributed by atoms with Crippen molar-refractivity contribution in [1.29, 1.82) is 0 Å². The number of fused-ring (bicyclic) bond motifs is 1. The van der Waals surface area contributed by atoms with Crippen molar-refractivity contribution >= 4 is 44.3 Å². The maximum absolute atomic E-state index is 6.51. The van der Waals surface area contributed by atoms with Crippen LogP contribution in [0.1, 0.15) is 5.56 Å². The molecule has 2 heterocycles. The molecule has 0 fully saturated rings. The van der Waals surface area contributed by atoms with Crippen LogP contribution in [-0.2, 0) is 6.54 Å². The average Bonchev–Trinajstić information content (AvgIpc) is 2.86. The van der Waals surface area contributed by atoms with E-state index >= 15 is 0 Å². The monoisotopic (exact) mass is 340 g/mol. The minimum Gasteiger partial charge on any atom is -0.333 e. The lowest BCUT2D eigenvalue weighted by atomic mass is 10.1. The maximum Gasteiger partial charge on any atom is 0.0948 e. The van der Waals surface area contributed by atoms with Crippen molar-refractivity contribution in [1.82, 2.24) is 9.55 Å². The zero-order chi connectivity index (χ0) is 12.5. The highest BCUT2D eigenvalue weighted by molar-refractivity contribution is 9.10. The number of halogens is 2. The van der Waals surface area contributed by atoms with E-state index in [2.05, 4.69) is 39.1 Å². The summed E-state index contributed by atoms with van der Waals surface area (Å²) in [7, 11) is 0. The molecule has 1 aromatic heterocycles. The molecule has 0 unspecified atom stereocenters. The van der Waals surface area contributed by atoms with Crippen LogP contribution in [-0.4, -0.2) is 15.3 Å². The van der Waals surface area contributed by atoms with Crippen molar-refractivity contribution in [3.05, 3.63) is 52.5 Å². The third-order valence-electron chi connectivity index (χ3n) is 2.82. The summed E-state index contributed by atoms with van der Waals surface area (Å²) in [5, 5.41) is 0.874. The lowest BCUT2D eigenvalue weighted by Gasteiger charge is -2.20. The number of imidazole rings is 1. The smallest absolute Gasteiger partial charge is 0.0948 e. The number of rotatable bonds is 2. The van der Waals surface area contributed by atoms with Crippen molar-refractivity contribution < 1.29 is 0 Å². The molecule has 92 valence electrons. The number of aromatic nitrogens is 2. The van der Waals surface area contributed by atoms with Gasteiger partial charge in [-0.2, -0.15) is 0 Å². The topological polar surface area (TPSA) is 17.8 Å². The SMILES string of the molecule is ClC1=C(Cn2ccnc2)CSc2ccc(Br)cc21. The summed E-state index contributed by atoms with van der Waals surface area (Å²) >= 11 is 11.8. The number of benzene rings is 1. The van der Waals surface area contributed by atoms with Gasteiger partial charge in [0, 0.05) is 39.6 Å². The summed E-state index contributed by atoms with van der Waals surface area (Å²) in [4.78, 5) is 5.30. The predicted octanol–water partition coefficient (Wildman–Crippen LogP) is 4.40. The molecule has 1 aromatic carbocycles. The van der Waals surface area contributed by atoms with Crippen LogP contribution in [0.15, 0.2) is 51.9 Å². The van der Waals surface area contributed by atoms with E-state index < -0.39 is 0 Å². The predicted molar refractivity (Wildman–Crippen MR) is 79.9 cm³/mol. The van der Waals surface area contributed by atoms with Gasteiger partial charge in [-0.05, 0) is 23.8 Å². The fourth-order valence-corrected chi connectivity index (χ4v) is 3.76. The second-order valence-corrected chi connectivity index (χ2v) is 6.39. The highest BCUT2D eigenvalue weighted by Crippen LogP contribution is 2.40. The molecule has 1 aliphatic heterocycles. The Hall–Kier alpha value is -0.710. The molecule has 0 saturated carbocycles. The summed E-state index contributed by atoms with van der Waals surface area (Å²) < 4.78 is 3.10. The number of hydrogen-bond acceptors (Lipinski definition) is 2. The first kappa shape index (κ1) is 12.3. The molecule has 0 amide bonds. The van der Waals surface area contributed by atoms with Crippen LogP contribution in [0.4, 0.5) is 0 Å². The van der Waals surface area contributed by atoms with E-state index in [-0.39, 0.29) is 0 Å². The fourth-order valence-electron chi connectivity index (χ4n) is 1.93. The first-order chi connectivity index (χ1) is 8.74. The van der Waals surface area contributed by atoms with E-state index in [9.17, 15) is 0 Å². The van der Waals surface area contributed by atoms with Crippen LogP contribution >= 0.6 is 39.3 Å². The van der Waals surface area contributed by atoms with Crippen molar-refractivity contribution in [3.63, 3.8) is 0 Å². The van der Waals surface area contributed by atoms with Gasteiger partial charge >= 0.3 is 0 Å². The molecule has 0 N–H and O–H groups in total.